The molecule has 6 nitrogen and oxygen atoms in total. The molecule has 3 heterocycles. The predicted octanol–water partition coefficient (Wildman–Crippen LogP) is 4.86. The second-order valence-electron chi connectivity index (χ2n) is 8.71. The van der Waals surface area contributed by atoms with Gasteiger partial charge < -0.3 is 9.47 Å². The van der Waals surface area contributed by atoms with E-state index in [0.717, 1.165) is 48.3 Å². The average molecular weight is 435 g/mol. The van der Waals surface area contributed by atoms with Crippen molar-refractivity contribution in [2.75, 3.05) is 13.3 Å². The summed E-state index contributed by atoms with van der Waals surface area (Å²) in [6, 6.07) is 17.2. The Labute approximate surface area is 187 Å². The van der Waals surface area contributed by atoms with E-state index in [2.05, 4.69) is 51.9 Å². The Morgan fingerprint density at radius 1 is 1.00 bits per heavy atom. The number of nitrogens with zero attached hydrogens (tertiary/aromatic N) is 4. The van der Waals surface area contributed by atoms with E-state index in [1.54, 1.807) is 0 Å². The Morgan fingerprint density at radius 2 is 1.84 bits per heavy atom. The minimum atomic E-state index is 0.311. The van der Waals surface area contributed by atoms with E-state index in [0.29, 0.717) is 18.8 Å². The van der Waals surface area contributed by atoms with Gasteiger partial charge in [0, 0.05) is 18.5 Å². The first-order valence-corrected chi connectivity index (χ1v) is 11.5. The van der Waals surface area contributed by atoms with Gasteiger partial charge in [0.05, 0.1) is 13.2 Å². The molecule has 2 fully saturated rings. The molecule has 160 valence electrons. The van der Waals surface area contributed by atoms with Crippen LogP contribution >= 0.6 is 12.2 Å². The number of hydrogen-bond acceptors (Lipinski definition) is 5. The second-order valence-corrected chi connectivity index (χ2v) is 9.08. The molecule has 0 spiro atoms. The topological polar surface area (TPSA) is 44.4 Å². The number of rotatable bonds is 6. The molecule has 1 saturated heterocycles. The van der Waals surface area contributed by atoms with Gasteiger partial charge in [-0.15, -0.1) is 0 Å². The van der Waals surface area contributed by atoms with Crippen molar-refractivity contribution in [3.8, 4) is 11.5 Å². The van der Waals surface area contributed by atoms with E-state index in [9.17, 15) is 0 Å². The highest BCUT2D eigenvalue weighted by Gasteiger charge is 2.32. The van der Waals surface area contributed by atoms with Crippen LogP contribution in [0.15, 0.2) is 48.5 Å². The fourth-order valence-electron chi connectivity index (χ4n) is 4.77. The summed E-state index contributed by atoms with van der Waals surface area (Å²) in [5.74, 6) is 3.39. The molecule has 2 aromatic carbocycles. The minimum absolute atomic E-state index is 0.311. The number of benzene rings is 2. The Kier molecular flexibility index (Phi) is 4.80. The Hall–Kier alpha value is -2.64. The Morgan fingerprint density at radius 3 is 2.68 bits per heavy atom. The zero-order chi connectivity index (χ0) is 20.8. The quantitative estimate of drug-likeness (QED) is 0.518. The fourth-order valence-corrected chi connectivity index (χ4v) is 5.03. The van der Waals surface area contributed by atoms with E-state index in [1.807, 2.05) is 10.7 Å². The van der Waals surface area contributed by atoms with Crippen molar-refractivity contribution in [2.45, 2.75) is 50.9 Å². The summed E-state index contributed by atoms with van der Waals surface area (Å²) >= 11 is 5.91. The summed E-state index contributed by atoms with van der Waals surface area (Å²) in [5, 5.41) is 5.01. The number of ether oxygens (including phenoxy) is 2. The van der Waals surface area contributed by atoms with Gasteiger partial charge in [-0.3, -0.25) is 9.47 Å². The lowest BCUT2D eigenvalue weighted by Crippen LogP contribution is -2.27. The van der Waals surface area contributed by atoms with E-state index in [-0.39, 0.29) is 0 Å². The first-order chi connectivity index (χ1) is 15.3. The molecule has 6 rings (SSSR count). The smallest absolute Gasteiger partial charge is 0.231 e. The van der Waals surface area contributed by atoms with Crippen LogP contribution in [0.4, 0.5) is 0 Å². The lowest BCUT2D eigenvalue weighted by molar-refractivity contribution is 0.173. The molecule has 3 aliphatic rings. The number of hydrogen-bond donors (Lipinski definition) is 0. The zero-order valence-electron chi connectivity index (χ0n) is 17.4. The largest absolute Gasteiger partial charge is 0.454 e. The van der Waals surface area contributed by atoms with Crippen molar-refractivity contribution in [3.63, 3.8) is 0 Å². The molecule has 1 aliphatic carbocycles. The van der Waals surface area contributed by atoms with Crippen molar-refractivity contribution in [3.05, 3.63) is 70.3 Å². The molecule has 0 bridgehead atoms. The molecule has 1 atom stereocenters. The van der Waals surface area contributed by atoms with Crippen molar-refractivity contribution in [1.29, 1.82) is 0 Å². The standard InChI is InChI=1S/C24H26N4O2S/c31-24-27(14-17-5-2-1-3-6-17)23(18-8-9-18)25-28(24)15-26-12-4-7-20(26)19-10-11-21-22(13-19)30-16-29-21/h1-3,5-6,10-11,13,18,20H,4,7-9,12,14-16H2. The molecule has 7 heteroatoms. The normalized spacial score (nSPS) is 20.5. The molecular weight excluding hydrogens is 408 g/mol. The van der Waals surface area contributed by atoms with E-state index in [1.165, 1.54) is 30.4 Å². The van der Waals surface area contributed by atoms with Crippen LogP contribution in [0.5, 0.6) is 11.5 Å². The van der Waals surface area contributed by atoms with Crippen LogP contribution in [-0.4, -0.2) is 32.6 Å². The molecule has 1 aromatic heterocycles. The third kappa shape index (κ3) is 3.66. The maximum atomic E-state index is 5.91. The summed E-state index contributed by atoms with van der Waals surface area (Å²) in [6.07, 6.45) is 4.73. The van der Waals surface area contributed by atoms with Crippen molar-refractivity contribution in [1.82, 2.24) is 19.2 Å². The summed E-state index contributed by atoms with van der Waals surface area (Å²) < 4.78 is 16.2. The van der Waals surface area contributed by atoms with Crippen LogP contribution in [0.2, 0.25) is 0 Å². The minimum Gasteiger partial charge on any atom is -0.454 e. The average Bonchev–Trinajstić information content (AvgIpc) is 3.22. The van der Waals surface area contributed by atoms with Gasteiger partial charge in [-0.05, 0) is 61.2 Å². The molecule has 3 aromatic rings. The second kappa shape index (κ2) is 7.80. The molecule has 0 radical (unpaired) electrons. The van der Waals surface area contributed by atoms with Crippen LogP contribution in [0, 0.1) is 4.77 Å². The van der Waals surface area contributed by atoms with E-state index in [4.69, 9.17) is 26.8 Å². The summed E-state index contributed by atoms with van der Waals surface area (Å²) in [7, 11) is 0. The SMILES string of the molecule is S=c1n(CN2CCCC2c2ccc3c(c2)OCO3)nc(C2CC2)n1Cc1ccccc1. The summed E-state index contributed by atoms with van der Waals surface area (Å²) in [4.78, 5) is 2.49. The molecule has 2 aliphatic heterocycles. The lowest BCUT2D eigenvalue weighted by atomic mass is 10.0. The van der Waals surface area contributed by atoms with Gasteiger partial charge in [0.1, 0.15) is 5.82 Å². The number of likely N-dealkylation sites (tertiary alicyclic amines) is 1. The third-order valence-corrected chi connectivity index (χ3v) is 6.97. The fraction of sp³-hybridized carbons (Fsp3) is 0.417. The highest BCUT2D eigenvalue weighted by atomic mass is 32.1. The van der Waals surface area contributed by atoms with Crippen molar-refractivity contribution in [2.24, 2.45) is 0 Å². The molecule has 1 unspecified atom stereocenters. The molecule has 31 heavy (non-hydrogen) atoms. The van der Waals surface area contributed by atoms with Crippen molar-refractivity contribution < 1.29 is 9.47 Å². The van der Waals surface area contributed by atoms with Gasteiger partial charge >= 0.3 is 0 Å². The van der Waals surface area contributed by atoms with Crippen LogP contribution in [0.25, 0.3) is 0 Å². The van der Waals surface area contributed by atoms with Crippen LogP contribution in [0.1, 0.15) is 54.6 Å². The van der Waals surface area contributed by atoms with E-state index < -0.39 is 0 Å². The highest BCUT2D eigenvalue weighted by molar-refractivity contribution is 7.71. The number of aromatic nitrogens is 3. The van der Waals surface area contributed by atoms with Gasteiger partial charge in [-0.25, -0.2) is 4.68 Å². The number of fused-ring (bicyclic) bond motifs is 1. The van der Waals surface area contributed by atoms with Gasteiger partial charge in [-0.1, -0.05) is 36.4 Å². The highest BCUT2D eigenvalue weighted by Crippen LogP contribution is 2.41. The van der Waals surface area contributed by atoms with Crippen LogP contribution in [0.3, 0.4) is 0 Å². The maximum absolute atomic E-state index is 5.91. The van der Waals surface area contributed by atoms with E-state index >= 15 is 0 Å². The van der Waals surface area contributed by atoms with Crippen LogP contribution in [-0.2, 0) is 13.2 Å². The molecule has 1 saturated carbocycles. The first-order valence-electron chi connectivity index (χ1n) is 11.1. The molecule has 0 N–H and O–H groups in total. The Balaban J connectivity index is 1.27. The van der Waals surface area contributed by atoms with Gasteiger partial charge in [0.15, 0.2) is 16.3 Å². The molecular formula is C24H26N4O2S. The third-order valence-electron chi connectivity index (χ3n) is 6.54. The lowest BCUT2D eigenvalue weighted by Gasteiger charge is -2.24. The van der Waals surface area contributed by atoms with Crippen molar-refractivity contribution >= 4 is 12.2 Å². The summed E-state index contributed by atoms with van der Waals surface area (Å²) in [5.41, 5.74) is 2.54. The zero-order valence-corrected chi connectivity index (χ0v) is 18.3. The van der Waals surface area contributed by atoms with Gasteiger partial charge in [0.2, 0.25) is 6.79 Å². The summed E-state index contributed by atoms with van der Waals surface area (Å²) in [6.45, 7) is 2.87. The first kappa shape index (κ1) is 19.1. The monoisotopic (exact) mass is 434 g/mol. The van der Waals surface area contributed by atoms with Crippen LogP contribution < -0.4 is 9.47 Å². The predicted molar refractivity (Wildman–Crippen MR) is 120 cm³/mol. The van der Waals surface area contributed by atoms with Gasteiger partial charge in [0.25, 0.3) is 0 Å². The molecule has 0 amide bonds. The Bertz CT molecular complexity index is 1150. The van der Waals surface area contributed by atoms with Gasteiger partial charge in [-0.2, -0.15) is 5.10 Å². The maximum Gasteiger partial charge on any atom is 0.231 e.